The standard InChI is InChI=1S/C10H10BrNO2/c11-7-3-1-6-12-8(7)10(9(13)14)4-2-5-10/h1,3,6H,2,4-5H2,(H,13,14). The molecular formula is C10H10BrNO2. The van der Waals surface area contributed by atoms with E-state index in [1.165, 1.54) is 0 Å². The van der Waals surface area contributed by atoms with E-state index in [9.17, 15) is 9.90 Å². The van der Waals surface area contributed by atoms with Gasteiger partial charge in [-0.05, 0) is 40.9 Å². The summed E-state index contributed by atoms with van der Waals surface area (Å²) in [6, 6.07) is 3.63. The first-order valence-corrected chi connectivity index (χ1v) is 5.30. The predicted octanol–water partition coefficient (Wildman–Crippen LogP) is 2.35. The summed E-state index contributed by atoms with van der Waals surface area (Å²) in [7, 11) is 0. The van der Waals surface area contributed by atoms with Crippen molar-refractivity contribution in [3.63, 3.8) is 0 Å². The summed E-state index contributed by atoms with van der Waals surface area (Å²) in [5.41, 5.74) is -0.0705. The van der Waals surface area contributed by atoms with E-state index in [2.05, 4.69) is 20.9 Å². The van der Waals surface area contributed by atoms with E-state index in [1.54, 1.807) is 12.3 Å². The minimum absolute atomic E-state index is 0.666. The van der Waals surface area contributed by atoms with Gasteiger partial charge in [0, 0.05) is 10.7 Å². The summed E-state index contributed by atoms with van der Waals surface area (Å²) in [4.78, 5) is 15.4. The fourth-order valence-electron chi connectivity index (χ4n) is 1.82. The Balaban J connectivity index is 2.47. The van der Waals surface area contributed by atoms with E-state index in [0.29, 0.717) is 18.5 Å². The molecule has 0 radical (unpaired) electrons. The normalized spacial score (nSPS) is 18.6. The van der Waals surface area contributed by atoms with E-state index in [4.69, 9.17) is 0 Å². The molecular weight excluding hydrogens is 246 g/mol. The van der Waals surface area contributed by atoms with Crippen LogP contribution in [0.1, 0.15) is 25.0 Å². The van der Waals surface area contributed by atoms with Crippen LogP contribution in [-0.2, 0) is 10.2 Å². The molecule has 0 saturated heterocycles. The number of hydrogen-bond donors (Lipinski definition) is 1. The zero-order chi connectivity index (χ0) is 10.2. The zero-order valence-electron chi connectivity index (χ0n) is 7.53. The molecule has 0 aromatic carbocycles. The molecule has 1 fully saturated rings. The van der Waals surface area contributed by atoms with Gasteiger partial charge in [-0.2, -0.15) is 0 Å². The fourth-order valence-corrected chi connectivity index (χ4v) is 2.45. The summed E-state index contributed by atoms with van der Waals surface area (Å²) in [6.45, 7) is 0. The predicted molar refractivity (Wildman–Crippen MR) is 55.1 cm³/mol. The molecule has 1 aliphatic rings. The minimum atomic E-state index is -0.761. The SMILES string of the molecule is O=C(O)C1(c2ncccc2Br)CCC1. The first-order valence-electron chi connectivity index (χ1n) is 4.51. The Labute approximate surface area is 90.3 Å². The highest BCUT2D eigenvalue weighted by Gasteiger charge is 2.48. The van der Waals surface area contributed by atoms with Crippen molar-refractivity contribution in [3.8, 4) is 0 Å². The van der Waals surface area contributed by atoms with Crippen LogP contribution in [0.2, 0.25) is 0 Å². The number of carboxylic acids is 1. The van der Waals surface area contributed by atoms with Gasteiger partial charge >= 0.3 is 5.97 Å². The number of halogens is 1. The van der Waals surface area contributed by atoms with Gasteiger partial charge in [-0.1, -0.05) is 6.42 Å². The van der Waals surface area contributed by atoms with Gasteiger partial charge in [-0.3, -0.25) is 9.78 Å². The number of aromatic nitrogens is 1. The van der Waals surface area contributed by atoms with Gasteiger partial charge in [0.25, 0.3) is 0 Å². The third-order valence-electron chi connectivity index (χ3n) is 2.83. The third kappa shape index (κ3) is 1.25. The summed E-state index contributed by atoms with van der Waals surface area (Å²) in [5, 5.41) is 9.20. The zero-order valence-corrected chi connectivity index (χ0v) is 9.12. The molecule has 14 heavy (non-hydrogen) atoms. The van der Waals surface area contributed by atoms with Crippen molar-refractivity contribution < 1.29 is 9.90 Å². The molecule has 1 N–H and O–H groups in total. The van der Waals surface area contributed by atoms with Gasteiger partial charge in [-0.25, -0.2) is 0 Å². The molecule has 0 spiro atoms. The molecule has 0 unspecified atom stereocenters. The topological polar surface area (TPSA) is 50.2 Å². The van der Waals surface area contributed by atoms with Crippen LogP contribution in [0.4, 0.5) is 0 Å². The number of hydrogen-bond acceptors (Lipinski definition) is 2. The highest BCUT2D eigenvalue weighted by molar-refractivity contribution is 9.10. The Morgan fingerprint density at radius 2 is 2.29 bits per heavy atom. The lowest BCUT2D eigenvalue weighted by molar-refractivity contribution is -0.147. The smallest absolute Gasteiger partial charge is 0.315 e. The van der Waals surface area contributed by atoms with Crippen LogP contribution >= 0.6 is 15.9 Å². The molecule has 0 atom stereocenters. The third-order valence-corrected chi connectivity index (χ3v) is 3.47. The van der Waals surface area contributed by atoms with Crippen LogP contribution in [0.5, 0.6) is 0 Å². The van der Waals surface area contributed by atoms with Crippen molar-refractivity contribution in [1.82, 2.24) is 4.98 Å². The molecule has 1 heterocycles. The van der Waals surface area contributed by atoms with Gasteiger partial charge in [0.1, 0.15) is 5.41 Å². The highest BCUT2D eigenvalue weighted by atomic mass is 79.9. The molecule has 74 valence electrons. The summed E-state index contributed by atoms with van der Waals surface area (Å²) < 4.78 is 0.794. The second-order valence-corrected chi connectivity index (χ2v) is 4.43. The van der Waals surface area contributed by atoms with E-state index in [0.717, 1.165) is 10.9 Å². The molecule has 4 heteroatoms. The maximum atomic E-state index is 11.2. The lowest BCUT2D eigenvalue weighted by Crippen LogP contribution is -2.43. The fraction of sp³-hybridized carbons (Fsp3) is 0.400. The molecule has 3 nitrogen and oxygen atoms in total. The van der Waals surface area contributed by atoms with Crippen molar-refractivity contribution >= 4 is 21.9 Å². The second-order valence-electron chi connectivity index (χ2n) is 3.57. The monoisotopic (exact) mass is 255 g/mol. The van der Waals surface area contributed by atoms with Gasteiger partial charge in [-0.15, -0.1) is 0 Å². The maximum Gasteiger partial charge on any atom is 0.315 e. The average molecular weight is 256 g/mol. The molecule has 1 aromatic heterocycles. The Kier molecular flexibility index (Phi) is 2.31. The van der Waals surface area contributed by atoms with Crippen molar-refractivity contribution in [3.05, 3.63) is 28.5 Å². The van der Waals surface area contributed by atoms with Crippen molar-refractivity contribution in [2.24, 2.45) is 0 Å². The number of aliphatic carboxylic acids is 1. The van der Waals surface area contributed by atoms with E-state index in [-0.39, 0.29) is 0 Å². The molecule has 1 saturated carbocycles. The molecule has 0 aliphatic heterocycles. The van der Waals surface area contributed by atoms with E-state index >= 15 is 0 Å². The van der Waals surface area contributed by atoms with Crippen LogP contribution in [0.25, 0.3) is 0 Å². The van der Waals surface area contributed by atoms with Gasteiger partial charge in [0.05, 0.1) is 5.69 Å². The molecule has 1 aliphatic carbocycles. The first-order chi connectivity index (χ1) is 6.67. The molecule has 0 amide bonds. The Bertz CT molecular complexity index is 374. The average Bonchev–Trinajstić information content (AvgIpc) is 2.05. The number of carboxylic acid groups (broad SMARTS) is 1. The maximum absolute atomic E-state index is 11.2. The molecule has 0 bridgehead atoms. The number of carbonyl (C=O) groups is 1. The quantitative estimate of drug-likeness (QED) is 0.883. The first kappa shape index (κ1) is 9.65. The van der Waals surface area contributed by atoms with Gasteiger partial charge < -0.3 is 5.11 Å². The number of rotatable bonds is 2. The Hall–Kier alpha value is -0.900. The molecule has 1 aromatic rings. The lowest BCUT2D eigenvalue weighted by Gasteiger charge is -2.37. The van der Waals surface area contributed by atoms with Crippen LogP contribution < -0.4 is 0 Å². The Morgan fingerprint density at radius 1 is 1.57 bits per heavy atom. The van der Waals surface area contributed by atoms with Crippen LogP contribution in [0, 0.1) is 0 Å². The summed E-state index contributed by atoms with van der Waals surface area (Å²) in [6.07, 6.45) is 3.99. The number of pyridine rings is 1. The lowest BCUT2D eigenvalue weighted by atomic mass is 9.66. The minimum Gasteiger partial charge on any atom is -0.481 e. The van der Waals surface area contributed by atoms with Crippen molar-refractivity contribution in [1.29, 1.82) is 0 Å². The molecule has 2 rings (SSSR count). The highest BCUT2D eigenvalue weighted by Crippen LogP contribution is 2.45. The summed E-state index contributed by atoms with van der Waals surface area (Å²) in [5.74, 6) is -0.761. The summed E-state index contributed by atoms with van der Waals surface area (Å²) >= 11 is 3.35. The van der Waals surface area contributed by atoms with Gasteiger partial charge in [0.15, 0.2) is 0 Å². The second kappa shape index (κ2) is 3.35. The Morgan fingerprint density at radius 3 is 2.71 bits per heavy atom. The van der Waals surface area contributed by atoms with Crippen LogP contribution in [0.15, 0.2) is 22.8 Å². The van der Waals surface area contributed by atoms with Crippen molar-refractivity contribution in [2.75, 3.05) is 0 Å². The van der Waals surface area contributed by atoms with E-state index in [1.807, 2.05) is 6.07 Å². The van der Waals surface area contributed by atoms with Crippen LogP contribution in [0.3, 0.4) is 0 Å². The van der Waals surface area contributed by atoms with Crippen LogP contribution in [-0.4, -0.2) is 16.1 Å². The number of nitrogens with zero attached hydrogens (tertiary/aromatic N) is 1. The van der Waals surface area contributed by atoms with Gasteiger partial charge in [0.2, 0.25) is 0 Å². The van der Waals surface area contributed by atoms with E-state index < -0.39 is 11.4 Å². The largest absolute Gasteiger partial charge is 0.481 e. The van der Waals surface area contributed by atoms with Crippen molar-refractivity contribution in [2.45, 2.75) is 24.7 Å².